The van der Waals surface area contributed by atoms with Gasteiger partial charge in [0.25, 0.3) is 0 Å². The molecule has 3 aliphatic carbocycles. The van der Waals surface area contributed by atoms with Gasteiger partial charge in [-0.25, -0.2) is 0 Å². The van der Waals surface area contributed by atoms with E-state index >= 15 is 0 Å². The van der Waals surface area contributed by atoms with Crippen molar-refractivity contribution in [3.05, 3.63) is 78.4 Å². The first-order chi connectivity index (χ1) is 16.1. The topological polar surface area (TPSA) is 49.7 Å². The Labute approximate surface area is 205 Å². The first-order valence-electron chi connectivity index (χ1n) is 12.8. The number of aliphatic hydroxyl groups excluding tert-OH is 1. The molecule has 3 aliphatic rings. The van der Waals surface area contributed by atoms with Gasteiger partial charge in [-0.2, -0.15) is 0 Å². The van der Waals surface area contributed by atoms with E-state index in [1.807, 2.05) is 24.3 Å². The molecule has 3 nitrogen and oxygen atoms in total. The molecule has 0 unspecified atom stereocenters. The predicted molar refractivity (Wildman–Crippen MR) is 140 cm³/mol. The molecule has 6 atom stereocenters. The van der Waals surface area contributed by atoms with Gasteiger partial charge in [-0.05, 0) is 61.1 Å². The van der Waals surface area contributed by atoms with Gasteiger partial charge in [-0.1, -0.05) is 74.9 Å². The van der Waals surface area contributed by atoms with Crippen molar-refractivity contribution in [2.45, 2.75) is 71.0 Å². The fourth-order valence-corrected chi connectivity index (χ4v) is 7.60. The van der Waals surface area contributed by atoms with Crippen LogP contribution in [0, 0.1) is 28.6 Å². The second-order valence-electron chi connectivity index (χ2n) is 11.5. The van der Waals surface area contributed by atoms with Crippen LogP contribution in [0.1, 0.15) is 71.0 Å². The normalized spacial score (nSPS) is 35.6. The van der Waals surface area contributed by atoms with Gasteiger partial charge < -0.3 is 14.9 Å². The van der Waals surface area contributed by atoms with Crippen molar-refractivity contribution in [3.63, 3.8) is 0 Å². The molecule has 1 aromatic rings. The van der Waals surface area contributed by atoms with E-state index in [0.717, 1.165) is 42.6 Å². The van der Waals surface area contributed by atoms with Crippen molar-refractivity contribution in [1.29, 1.82) is 0 Å². The van der Waals surface area contributed by atoms with Crippen LogP contribution in [-0.2, 0) is 0 Å². The summed E-state index contributed by atoms with van der Waals surface area (Å²) < 4.78 is 5.29. The van der Waals surface area contributed by atoms with Crippen molar-refractivity contribution >= 4 is 0 Å². The summed E-state index contributed by atoms with van der Waals surface area (Å²) in [6, 6.07) is 7.53. The third kappa shape index (κ3) is 3.55. The van der Waals surface area contributed by atoms with E-state index in [4.69, 9.17) is 4.74 Å². The molecule has 4 rings (SSSR count). The van der Waals surface area contributed by atoms with Gasteiger partial charge in [0.05, 0.1) is 18.8 Å². The molecular weight excluding hydrogens is 420 g/mol. The minimum Gasteiger partial charge on any atom is -0.497 e. The monoisotopic (exact) mass is 462 g/mol. The van der Waals surface area contributed by atoms with E-state index in [9.17, 15) is 10.2 Å². The Balaban J connectivity index is 1.77. The number of ether oxygens (including phenoxy) is 1. The Morgan fingerprint density at radius 3 is 2.41 bits per heavy atom. The Bertz CT molecular complexity index is 1000. The third-order valence-corrected chi connectivity index (χ3v) is 9.59. The molecule has 1 spiro atoms. The lowest BCUT2D eigenvalue weighted by Crippen LogP contribution is -2.70. The third-order valence-electron chi connectivity index (χ3n) is 9.59. The molecule has 0 aromatic heterocycles. The number of benzene rings is 1. The second-order valence-corrected chi connectivity index (χ2v) is 11.5. The van der Waals surface area contributed by atoms with E-state index in [0.29, 0.717) is 12.3 Å². The molecule has 0 heterocycles. The van der Waals surface area contributed by atoms with Crippen LogP contribution in [0.25, 0.3) is 0 Å². The standard InChI is InChI=1S/C31H42O3/c1-8-21(5)18-31(33)26(28(32)22-10-12-23(34-7)13-11-22)19-30(31)17-16-29(6)15-14-24(20(3)4)27(29)25(30)9-2/h8-13,20,25-26,28,32-33H,1-2,5,14-19H2,3-4,6-7H3/t25-,26+,28+,29-,30+,31-/m1/s1. The van der Waals surface area contributed by atoms with Crippen molar-refractivity contribution in [3.8, 4) is 5.75 Å². The molecule has 2 saturated carbocycles. The molecule has 34 heavy (non-hydrogen) atoms. The smallest absolute Gasteiger partial charge is 0.118 e. The van der Waals surface area contributed by atoms with Gasteiger partial charge in [-0.3, -0.25) is 0 Å². The Morgan fingerprint density at radius 1 is 1.18 bits per heavy atom. The molecule has 0 saturated heterocycles. The Morgan fingerprint density at radius 2 is 1.85 bits per heavy atom. The van der Waals surface area contributed by atoms with Crippen LogP contribution in [0.3, 0.4) is 0 Å². The van der Waals surface area contributed by atoms with E-state index in [1.165, 1.54) is 12.0 Å². The fourth-order valence-electron chi connectivity index (χ4n) is 7.60. The van der Waals surface area contributed by atoms with Gasteiger partial charge >= 0.3 is 0 Å². The molecule has 0 amide bonds. The molecule has 0 bridgehead atoms. The number of hydrogen-bond donors (Lipinski definition) is 2. The van der Waals surface area contributed by atoms with Gasteiger partial charge in [0.1, 0.15) is 5.75 Å². The molecule has 1 aromatic carbocycles. The van der Waals surface area contributed by atoms with E-state index in [2.05, 4.69) is 46.6 Å². The van der Waals surface area contributed by atoms with Crippen LogP contribution in [0.5, 0.6) is 5.75 Å². The molecule has 0 radical (unpaired) electrons. The average Bonchev–Trinajstić information content (AvgIpc) is 3.19. The van der Waals surface area contributed by atoms with Gasteiger partial charge in [0.15, 0.2) is 0 Å². The largest absolute Gasteiger partial charge is 0.497 e. The highest BCUT2D eigenvalue weighted by Crippen LogP contribution is 2.73. The van der Waals surface area contributed by atoms with Gasteiger partial charge in [0, 0.05) is 23.7 Å². The van der Waals surface area contributed by atoms with Crippen LogP contribution in [-0.4, -0.2) is 22.9 Å². The van der Waals surface area contributed by atoms with E-state index in [-0.39, 0.29) is 22.7 Å². The summed E-state index contributed by atoms with van der Waals surface area (Å²) in [6.45, 7) is 19.4. The molecule has 184 valence electrons. The lowest BCUT2D eigenvalue weighted by Gasteiger charge is -2.69. The maximum atomic E-state index is 12.5. The summed E-state index contributed by atoms with van der Waals surface area (Å²) in [5.41, 5.74) is 3.43. The van der Waals surface area contributed by atoms with Crippen LogP contribution in [0.4, 0.5) is 0 Å². The highest BCUT2D eigenvalue weighted by atomic mass is 16.5. The molecule has 3 heteroatoms. The predicted octanol–water partition coefficient (Wildman–Crippen LogP) is 6.95. The summed E-state index contributed by atoms with van der Waals surface area (Å²) in [5.74, 6) is 1.07. The highest BCUT2D eigenvalue weighted by molar-refractivity contribution is 5.42. The number of fused-ring (bicyclic) bond motifs is 1. The summed E-state index contributed by atoms with van der Waals surface area (Å²) in [4.78, 5) is 0. The van der Waals surface area contributed by atoms with Crippen LogP contribution in [0.2, 0.25) is 0 Å². The maximum absolute atomic E-state index is 12.5. The molecule has 0 aliphatic heterocycles. The number of hydrogen-bond acceptors (Lipinski definition) is 3. The Hall–Kier alpha value is -2.10. The van der Waals surface area contributed by atoms with Gasteiger partial charge in [0.2, 0.25) is 0 Å². The molecule has 2 N–H and O–H groups in total. The quantitative estimate of drug-likeness (QED) is 0.325. The Kier molecular flexibility index (Phi) is 6.50. The fraction of sp³-hybridized carbons (Fsp3) is 0.548. The van der Waals surface area contributed by atoms with Crippen LogP contribution in [0.15, 0.2) is 72.9 Å². The second kappa shape index (κ2) is 8.84. The maximum Gasteiger partial charge on any atom is 0.118 e. The number of allylic oxidation sites excluding steroid dienone is 4. The van der Waals surface area contributed by atoms with Gasteiger partial charge in [-0.15, -0.1) is 6.58 Å². The molecule has 2 fully saturated rings. The average molecular weight is 463 g/mol. The first-order valence-corrected chi connectivity index (χ1v) is 12.8. The summed E-state index contributed by atoms with van der Waals surface area (Å²) in [6.07, 6.45) is 8.58. The lowest BCUT2D eigenvalue weighted by atomic mass is 9.37. The van der Waals surface area contributed by atoms with Crippen LogP contribution >= 0.6 is 0 Å². The zero-order valence-corrected chi connectivity index (χ0v) is 21.4. The number of aliphatic hydroxyl groups is 2. The van der Waals surface area contributed by atoms with E-state index in [1.54, 1.807) is 18.8 Å². The zero-order chi connectivity index (χ0) is 24.9. The van der Waals surface area contributed by atoms with Crippen molar-refractivity contribution in [2.24, 2.45) is 28.6 Å². The van der Waals surface area contributed by atoms with Crippen molar-refractivity contribution < 1.29 is 14.9 Å². The highest BCUT2D eigenvalue weighted by Gasteiger charge is 2.71. The van der Waals surface area contributed by atoms with Crippen molar-refractivity contribution in [2.75, 3.05) is 7.11 Å². The summed E-state index contributed by atoms with van der Waals surface area (Å²) in [7, 11) is 1.64. The zero-order valence-electron chi connectivity index (χ0n) is 21.4. The SMILES string of the molecule is C=CC(=C)C[C@@]1(O)[C@H]([C@@H](O)c2ccc(OC)cc2)C[C@]12CC[C@@]1(C)CCC(C(C)C)=C1[C@H]2C=C. The molecular formula is C31H42O3. The van der Waals surface area contributed by atoms with Crippen molar-refractivity contribution in [1.82, 2.24) is 0 Å². The summed E-state index contributed by atoms with van der Waals surface area (Å²) >= 11 is 0. The van der Waals surface area contributed by atoms with Crippen LogP contribution < -0.4 is 4.74 Å². The lowest BCUT2D eigenvalue weighted by molar-refractivity contribution is -0.267. The minimum absolute atomic E-state index is 0.105. The summed E-state index contributed by atoms with van der Waals surface area (Å²) in [5, 5.41) is 24.0. The number of methoxy groups -OCH3 is 1. The minimum atomic E-state index is -1.09. The number of rotatable bonds is 8. The first kappa shape index (κ1) is 25.0. The van der Waals surface area contributed by atoms with E-state index < -0.39 is 11.7 Å².